The molecule has 0 aliphatic carbocycles. The van der Waals surface area contributed by atoms with Gasteiger partial charge in [0.1, 0.15) is 5.69 Å². The van der Waals surface area contributed by atoms with E-state index in [9.17, 15) is 9.59 Å². The first-order valence-electron chi connectivity index (χ1n) is 7.55. The lowest BCUT2D eigenvalue weighted by atomic mass is 10.2. The van der Waals surface area contributed by atoms with Crippen LogP contribution in [-0.2, 0) is 6.42 Å². The lowest BCUT2D eigenvalue weighted by Crippen LogP contribution is -2.25. The average molecular weight is 426 g/mol. The van der Waals surface area contributed by atoms with E-state index in [1.54, 1.807) is 28.8 Å². The van der Waals surface area contributed by atoms with E-state index >= 15 is 0 Å². The summed E-state index contributed by atoms with van der Waals surface area (Å²) in [5.41, 5.74) is 0.627. The molecule has 0 fully saturated rings. The van der Waals surface area contributed by atoms with E-state index in [4.69, 9.17) is 23.2 Å². The zero-order chi connectivity index (χ0) is 18.5. The number of hydrogen-bond acceptors (Lipinski definition) is 5. The third-order valence-corrected chi connectivity index (χ3v) is 5.81. The number of benzene rings is 1. The Kier molecular flexibility index (Phi) is 6.26. The average Bonchev–Trinajstić information content (AvgIpc) is 3.29. The molecule has 26 heavy (non-hydrogen) atoms. The maximum atomic E-state index is 12.2. The molecule has 1 aromatic carbocycles. The molecule has 0 atom stereocenters. The molecule has 3 aromatic rings. The lowest BCUT2D eigenvalue weighted by molar-refractivity contribution is 0.0948. The lowest BCUT2D eigenvalue weighted by Gasteiger charge is -2.03. The Hall–Kier alpha value is -1.93. The normalized spacial score (nSPS) is 10.5. The maximum absolute atomic E-state index is 12.2. The minimum absolute atomic E-state index is 0.269. The number of thiazole rings is 1. The van der Waals surface area contributed by atoms with Crippen molar-refractivity contribution < 1.29 is 9.59 Å². The second-order valence-corrected chi connectivity index (χ2v) is 7.91. The van der Waals surface area contributed by atoms with Crippen molar-refractivity contribution in [3.8, 4) is 0 Å². The standard InChI is InChI=1S/C17H13Cl2N3O2S2/c18-12-4-3-10(8-13(12)19)15(23)22-17-21-14(9-26-17)16(24)20-6-5-11-2-1-7-25-11/h1-4,7-9H,5-6H2,(H,20,24)(H,21,22,23). The molecule has 0 aliphatic rings. The molecule has 0 radical (unpaired) electrons. The second kappa shape index (κ2) is 8.64. The van der Waals surface area contributed by atoms with Crippen LogP contribution in [0.15, 0.2) is 41.1 Å². The number of halogens is 2. The Labute approximate surface area is 168 Å². The van der Waals surface area contributed by atoms with Gasteiger partial charge in [-0.05, 0) is 36.1 Å². The molecule has 0 spiro atoms. The number of thiophene rings is 1. The Morgan fingerprint density at radius 3 is 2.65 bits per heavy atom. The number of rotatable bonds is 6. The summed E-state index contributed by atoms with van der Waals surface area (Å²) >= 11 is 14.6. The van der Waals surface area contributed by atoms with Gasteiger partial charge in [0.2, 0.25) is 0 Å². The molecule has 5 nitrogen and oxygen atoms in total. The smallest absolute Gasteiger partial charge is 0.270 e. The molecule has 2 heterocycles. The van der Waals surface area contributed by atoms with Gasteiger partial charge in [0, 0.05) is 22.4 Å². The molecule has 2 aromatic heterocycles. The first-order valence-corrected chi connectivity index (χ1v) is 10.1. The molecule has 0 bridgehead atoms. The van der Waals surface area contributed by atoms with E-state index in [0.717, 1.165) is 6.42 Å². The predicted molar refractivity (Wildman–Crippen MR) is 107 cm³/mol. The van der Waals surface area contributed by atoms with Crippen molar-refractivity contribution in [1.82, 2.24) is 10.3 Å². The van der Waals surface area contributed by atoms with Gasteiger partial charge >= 0.3 is 0 Å². The van der Waals surface area contributed by atoms with Crippen LogP contribution >= 0.6 is 45.9 Å². The van der Waals surface area contributed by atoms with Gasteiger partial charge in [-0.2, -0.15) is 0 Å². The highest BCUT2D eigenvalue weighted by Gasteiger charge is 2.14. The van der Waals surface area contributed by atoms with Crippen molar-refractivity contribution in [2.24, 2.45) is 0 Å². The van der Waals surface area contributed by atoms with Crippen molar-refractivity contribution in [3.05, 3.63) is 67.3 Å². The van der Waals surface area contributed by atoms with E-state index in [1.807, 2.05) is 17.5 Å². The first kappa shape index (κ1) is 18.8. The van der Waals surface area contributed by atoms with Gasteiger partial charge in [-0.1, -0.05) is 29.3 Å². The van der Waals surface area contributed by atoms with E-state index in [2.05, 4.69) is 15.6 Å². The molecule has 0 saturated carbocycles. The summed E-state index contributed by atoms with van der Waals surface area (Å²) in [6.07, 6.45) is 0.772. The number of carbonyl (C=O) groups excluding carboxylic acids is 2. The molecular formula is C17H13Cl2N3O2S2. The first-order chi connectivity index (χ1) is 12.5. The van der Waals surface area contributed by atoms with Crippen LogP contribution in [0.5, 0.6) is 0 Å². The Morgan fingerprint density at radius 2 is 1.92 bits per heavy atom. The molecule has 0 unspecified atom stereocenters. The molecule has 0 aliphatic heterocycles. The van der Waals surface area contributed by atoms with Crippen molar-refractivity contribution in [1.29, 1.82) is 0 Å². The zero-order valence-electron chi connectivity index (χ0n) is 13.3. The van der Waals surface area contributed by atoms with E-state index in [1.165, 1.54) is 22.3 Å². The van der Waals surface area contributed by atoms with Crippen molar-refractivity contribution >= 4 is 62.8 Å². The van der Waals surface area contributed by atoms with Gasteiger partial charge in [0.05, 0.1) is 10.0 Å². The third-order valence-electron chi connectivity index (χ3n) is 3.38. The number of nitrogens with one attached hydrogen (secondary N) is 2. The van der Waals surface area contributed by atoms with Crippen molar-refractivity contribution in [2.75, 3.05) is 11.9 Å². The molecule has 9 heteroatoms. The van der Waals surface area contributed by atoms with E-state index < -0.39 is 0 Å². The maximum Gasteiger partial charge on any atom is 0.270 e. The summed E-state index contributed by atoms with van der Waals surface area (Å²) in [4.78, 5) is 29.7. The Bertz CT molecular complexity index is 926. The number of carbonyl (C=O) groups is 2. The van der Waals surface area contributed by atoms with E-state index in [0.29, 0.717) is 27.3 Å². The molecule has 134 valence electrons. The van der Waals surface area contributed by atoms with Gasteiger partial charge in [0.25, 0.3) is 11.8 Å². The fourth-order valence-corrected chi connectivity index (χ4v) is 3.78. The molecule has 0 saturated heterocycles. The van der Waals surface area contributed by atoms with E-state index in [-0.39, 0.29) is 17.5 Å². The predicted octanol–water partition coefficient (Wildman–Crippen LogP) is 4.74. The third kappa shape index (κ3) is 4.82. The summed E-state index contributed by atoms with van der Waals surface area (Å²) in [7, 11) is 0. The summed E-state index contributed by atoms with van der Waals surface area (Å²) in [6, 6.07) is 8.59. The minimum Gasteiger partial charge on any atom is -0.350 e. The summed E-state index contributed by atoms with van der Waals surface area (Å²) in [5, 5.41) is 10.1. The molecule has 2 amide bonds. The van der Waals surface area contributed by atoms with Crippen LogP contribution < -0.4 is 10.6 Å². The number of hydrogen-bond donors (Lipinski definition) is 2. The highest BCUT2D eigenvalue weighted by atomic mass is 35.5. The molecular weight excluding hydrogens is 413 g/mol. The molecule has 3 rings (SSSR count). The molecule has 2 N–H and O–H groups in total. The van der Waals surface area contributed by atoms with Gasteiger partial charge in [-0.25, -0.2) is 4.98 Å². The van der Waals surface area contributed by atoms with Gasteiger partial charge < -0.3 is 5.32 Å². The Morgan fingerprint density at radius 1 is 1.08 bits per heavy atom. The Balaban J connectivity index is 1.55. The summed E-state index contributed by atoms with van der Waals surface area (Å²) < 4.78 is 0. The SMILES string of the molecule is O=C(Nc1nc(C(=O)NCCc2cccs2)cs1)c1ccc(Cl)c(Cl)c1. The van der Waals surface area contributed by atoms with Crippen molar-refractivity contribution in [3.63, 3.8) is 0 Å². The summed E-state index contributed by atoms with van der Waals surface area (Å²) in [6.45, 7) is 0.530. The van der Waals surface area contributed by atoms with Gasteiger partial charge in [-0.15, -0.1) is 22.7 Å². The number of anilines is 1. The summed E-state index contributed by atoms with van der Waals surface area (Å²) in [5.74, 6) is -0.643. The second-order valence-electron chi connectivity index (χ2n) is 5.21. The highest BCUT2D eigenvalue weighted by Crippen LogP contribution is 2.23. The largest absolute Gasteiger partial charge is 0.350 e. The monoisotopic (exact) mass is 425 g/mol. The number of amides is 2. The van der Waals surface area contributed by atoms with Crippen LogP contribution in [0.25, 0.3) is 0 Å². The zero-order valence-corrected chi connectivity index (χ0v) is 16.4. The van der Waals surface area contributed by atoms with Crippen LogP contribution in [0.2, 0.25) is 10.0 Å². The van der Waals surface area contributed by atoms with Crippen LogP contribution in [0.1, 0.15) is 25.7 Å². The van der Waals surface area contributed by atoms with Gasteiger partial charge in [-0.3, -0.25) is 14.9 Å². The van der Waals surface area contributed by atoms with Crippen LogP contribution in [-0.4, -0.2) is 23.3 Å². The quantitative estimate of drug-likeness (QED) is 0.598. The fraction of sp³-hybridized carbons (Fsp3) is 0.118. The topological polar surface area (TPSA) is 71.1 Å². The fourth-order valence-electron chi connectivity index (χ4n) is 2.09. The number of aromatic nitrogens is 1. The van der Waals surface area contributed by atoms with Gasteiger partial charge in [0.15, 0.2) is 5.13 Å². The van der Waals surface area contributed by atoms with Crippen LogP contribution in [0, 0.1) is 0 Å². The number of nitrogens with zero attached hydrogens (tertiary/aromatic N) is 1. The van der Waals surface area contributed by atoms with Crippen LogP contribution in [0.3, 0.4) is 0 Å². The minimum atomic E-state index is -0.373. The van der Waals surface area contributed by atoms with Crippen molar-refractivity contribution in [2.45, 2.75) is 6.42 Å². The highest BCUT2D eigenvalue weighted by molar-refractivity contribution is 7.14. The van der Waals surface area contributed by atoms with Crippen LogP contribution in [0.4, 0.5) is 5.13 Å².